The van der Waals surface area contributed by atoms with Crippen LogP contribution < -0.4 is 5.32 Å². The minimum atomic E-state index is 0.0299. The molecule has 0 saturated carbocycles. The number of allylic oxidation sites excluding steroid dienone is 1. The molecule has 0 spiro atoms. The van der Waals surface area contributed by atoms with E-state index in [4.69, 9.17) is 0 Å². The standard InChI is InChI=1S/C16H16BrNS/c1-10-9-16(2,3)18-14-5-4-11(8-12(10)14)15-13(17)6-7-19-15/h4-9,18H,1-3H3. The zero-order chi connectivity index (χ0) is 13.6. The predicted octanol–water partition coefficient (Wildman–Crippen LogP) is 5.79. The van der Waals surface area contributed by atoms with Gasteiger partial charge in [0.25, 0.3) is 0 Å². The van der Waals surface area contributed by atoms with Gasteiger partial charge in [0.1, 0.15) is 0 Å². The Bertz CT molecular complexity index is 667. The lowest BCUT2D eigenvalue weighted by atomic mass is 9.90. The molecule has 0 bridgehead atoms. The van der Waals surface area contributed by atoms with Gasteiger partial charge in [-0.05, 0) is 71.4 Å². The van der Waals surface area contributed by atoms with Crippen molar-refractivity contribution in [3.8, 4) is 10.4 Å². The zero-order valence-corrected chi connectivity index (χ0v) is 13.7. The topological polar surface area (TPSA) is 12.0 Å². The summed E-state index contributed by atoms with van der Waals surface area (Å²) in [6, 6.07) is 8.76. The van der Waals surface area contributed by atoms with Crippen molar-refractivity contribution in [2.45, 2.75) is 26.3 Å². The zero-order valence-electron chi connectivity index (χ0n) is 11.3. The summed E-state index contributed by atoms with van der Waals surface area (Å²) in [6.45, 7) is 6.58. The second kappa shape index (κ2) is 4.50. The molecule has 2 heterocycles. The molecule has 1 aromatic heterocycles. The second-order valence-corrected chi connectivity index (χ2v) is 7.30. The van der Waals surface area contributed by atoms with E-state index in [1.165, 1.54) is 31.7 Å². The molecule has 0 amide bonds. The lowest BCUT2D eigenvalue weighted by Crippen LogP contribution is -2.31. The first kappa shape index (κ1) is 12.9. The Morgan fingerprint density at radius 2 is 2.00 bits per heavy atom. The molecule has 1 nitrogen and oxygen atoms in total. The largest absolute Gasteiger partial charge is 0.376 e. The van der Waals surface area contributed by atoms with Crippen molar-refractivity contribution in [3.05, 3.63) is 45.8 Å². The van der Waals surface area contributed by atoms with Crippen molar-refractivity contribution in [1.29, 1.82) is 0 Å². The van der Waals surface area contributed by atoms with Gasteiger partial charge in [0.05, 0.1) is 5.54 Å². The number of fused-ring (bicyclic) bond motifs is 1. The number of rotatable bonds is 1. The summed E-state index contributed by atoms with van der Waals surface area (Å²) in [6.07, 6.45) is 2.29. The van der Waals surface area contributed by atoms with E-state index >= 15 is 0 Å². The summed E-state index contributed by atoms with van der Waals surface area (Å²) in [5, 5.41) is 5.68. The fraction of sp³-hybridized carbons (Fsp3) is 0.250. The molecule has 1 aliphatic heterocycles. The average molecular weight is 334 g/mol. The predicted molar refractivity (Wildman–Crippen MR) is 88.8 cm³/mol. The second-order valence-electron chi connectivity index (χ2n) is 5.53. The SMILES string of the molecule is CC1=CC(C)(C)Nc2ccc(-c3sccc3Br)cc21. The molecule has 0 atom stereocenters. The van der Waals surface area contributed by atoms with Gasteiger partial charge in [-0.25, -0.2) is 0 Å². The van der Waals surface area contributed by atoms with Crippen molar-refractivity contribution in [2.24, 2.45) is 0 Å². The Balaban J connectivity index is 2.11. The van der Waals surface area contributed by atoms with Crippen LogP contribution in [0.3, 0.4) is 0 Å². The lowest BCUT2D eigenvalue weighted by Gasteiger charge is -2.31. The van der Waals surface area contributed by atoms with Gasteiger partial charge in [-0.2, -0.15) is 0 Å². The summed E-state index contributed by atoms with van der Waals surface area (Å²) in [4.78, 5) is 1.29. The highest BCUT2D eigenvalue weighted by atomic mass is 79.9. The molecule has 0 aliphatic carbocycles. The van der Waals surface area contributed by atoms with Gasteiger partial charge in [0.2, 0.25) is 0 Å². The van der Waals surface area contributed by atoms with Gasteiger partial charge < -0.3 is 5.32 Å². The van der Waals surface area contributed by atoms with Crippen LogP contribution in [-0.4, -0.2) is 5.54 Å². The normalized spacial score (nSPS) is 16.5. The summed E-state index contributed by atoms with van der Waals surface area (Å²) in [5.41, 5.74) is 5.17. The van der Waals surface area contributed by atoms with E-state index in [0.29, 0.717) is 0 Å². The molecule has 3 rings (SSSR count). The Labute approximate surface area is 126 Å². The van der Waals surface area contributed by atoms with E-state index in [9.17, 15) is 0 Å². The first-order valence-electron chi connectivity index (χ1n) is 6.32. The van der Waals surface area contributed by atoms with Crippen molar-refractivity contribution >= 4 is 38.5 Å². The molecule has 0 unspecified atom stereocenters. The van der Waals surface area contributed by atoms with Crippen LogP contribution in [0.1, 0.15) is 26.3 Å². The number of thiophene rings is 1. The monoisotopic (exact) mass is 333 g/mol. The molecule has 3 heteroatoms. The molecule has 19 heavy (non-hydrogen) atoms. The van der Waals surface area contributed by atoms with E-state index in [1.54, 1.807) is 11.3 Å². The molecule has 0 fully saturated rings. The van der Waals surface area contributed by atoms with Gasteiger partial charge >= 0.3 is 0 Å². The molecular formula is C16H16BrNS. The van der Waals surface area contributed by atoms with Crippen LogP contribution in [0.2, 0.25) is 0 Å². The van der Waals surface area contributed by atoms with Crippen LogP contribution in [0.5, 0.6) is 0 Å². The molecule has 98 valence electrons. The van der Waals surface area contributed by atoms with Crippen LogP contribution in [0.4, 0.5) is 5.69 Å². The molecule has 1 aliphatic rings. The molecule has 0 saturated heterocycles. The van der Waals surface area contributed by atoms with Crippen LogP contribution >= 0.6 is 27.3 Å². The summed E-state index contributed by atoms with van der Waals surface area (Å²) in [5.74, 6) is 0. The van der Waals surface area contributed by atoms with Crippen LogP contribution in [-0.2, 0) is 0 Å². The fourth-order valence-corrected chi connectivity index (χ4v) is 4.22. The van der Waals surface area contributed by atoms with Crippen LogP contribution in [0.25, 0.3) is 16.0 Å². The summed E-state index contributed by atoms with van der Waals surface area (Å²) in [7, 11) is 0. The molecule has 0 radical (unpaired) electrons. The van der Waals surface area contributed by atoms with Gasteiger partial charge in [-0.3, -0.25) is 0 Å². The van der Waals surface area contributed by atoms with Gasteiger partial charge in [-0.1, -0.05) is 12.1 Å². The Morgan fingerprint density at radius 3 is 2.68 bits per heavy atom. The minimum Gasteiger partial charge on any atom is -0.376 e. The Morgan fingerprint density at radius 1 is 1.21 bits per heavy atom. The van der Waals surface area contributed by atoms with Gasteiger partial charge in [0, 0.05) is 20.6 Å². The quantitative estimate of drug-likeness (QED) is 0.696. The number of benzene rings is 1. The van der Waals surface area contributed by atoms with Gasteiger partial charge in [0.15, 0.2) is 0 Å². The highest BCUT2D eigenvalue weighted by Crippen LogP contribution is 2.39. The summed E-state index contributed by atoms with van der Waals surface area (Å²) < 4.78 is 1.17. The van der Waals surface area contributed by atoms with Crippen molar-refractivity contribution in [1.82, 2.24) is 0 Å². The third-order valence-electron chi connectivity index (χ3n) is 3.36. The molecule has 2 aromatic rings. The van der Waals surface area contributed by atoms with E-state index in [-0.39, 0.29) is 5.54 Å². The van der Waals surface area contributed by atoms with E-state index in [2.05, 4.69) is 77.7 Å². The minimum absolute atomic E-state index is 0.0299. The lowest BCUT2D eigenvalue weighted by molar-refractivity contribution is 0.707. The highest BCUT2D eigenvalue weighted by Gasteiger charge is 2.22. The number of hydrogen-bond donors (Lipinski definition) is 1. The third-order valence-corrected chi connectivity index (χ3v) is 5.24. The van der Waals surface area contributed by atoms with E-state index < -0.39 is 0 Å². The molecule has 1 aromatic carbocycles. The smallest absolute Gasteiger partial charge is 0.0505 e. The Hall–Kier alpha value is -1.06. The van der Waals surface area contributed by atoms with Crippen LogP contribution in [0.15, 0.2) is 40.2 Å². The third kappa shape index (κ3) is 2.37. The maximum absolute atomic E-state index is 3.61. The average Bonchev–Trinajstić information content (AvgIpc) is 2.74. The number of hydrogen-bond acceptors (Lipinski definition) is 2. The number of halogens is 1. The molecule has 1 N–H and O–H groups in total. The van der Waals surface area contributed by atoms with Crippen molar-refractivity contribution < 1.29 is 0 Å². The maximum atomic E-state index is 3.61. The fourth-order valence-electron chi connectivity index (χ4n) is 2.62. The number of nitrogens with one attached hydrogen (secondary N) is 1. The van der Waals surface area contributed by atoms with Crippen LogP contribution in [0, 0.1) is 0 Å². The molecular weight excluding hydrogens is 318 g/mol. The summed E-state index contributed by atoms with van der Waals surface area (Å²) >= 11 is 5.38. The van der Waals surface area contributed by atoms with Crippen molar-refractivity contribution in [3.63, 3.8) is 0 Å². The van der Waals surface area contributed by atoms with E-state index in [1.807, 2.05) is 0 Å². The first-order valence-corrected chi connectivity index (χ1v) is 7.99. The van der Waals surface area contributed by atoms with Crippen molar-refractivity contribution in [2.75, 3.05) is 5.32 Å². The maximum Gasteiger partial charge on any atom is 0.0505 e. The first-order chi connectivity index (χ1) is 8.96. The van der Waals surface area contributed by atoms with E-state index in [0.717, 1.165) is 0 Å². The highest BCUT2D eigenvalue weighted by molar-refractivity contribution is 9.10. The van der Waals surface area contributed by atoms with Gasteiger partial charge in [-0.15, -0.1) is 11.3 Å². The number of anilines is 1. The Kier molecular flexibility index (Phi) is 3.06.